The summed E-state index contributed by atoms with van der Waals surface area (Å²) in [6.45, 7) is 7.02. The second-order valence-electron chi connectivity index (χ2n) is 5.63. The maximum absolute atomic E-state index is 5.88. The molecule has 1 aromatic heterocycles. The third-order valence-electron chi connectivity index (χ3n) is 3.77. The maximum Gasteiger partial charge on any atom is 0.122 e. The zero-order valence-corrected chi connectivity index (χ0v) is 13.6. The summed E-state index contributed by atoms with van der Waals surface area (Å²) < 4.78 is 5.88. The van der Waals surface area contributed by atoms with Crippen molar-refractivity contribution in [2.75, 3.05) is 13.2 Å². The minimum atomic E-state index is 0.756. The van der Waals surface area contributed by atoms with Crippen LogP contribution >= 0.6 is 11.3 Å². The average molecular weight is 302 g/mol. The Bertz CT molecular complexity index is 598. The highest BCUT2D eigenvalue weighted by Crippen LogP contribution is 2.23. The number of aryl methyl sites for hydroxylation is 3. The SMILES string of the molecule is Cc1ccc(OCCCc2nc3c(s2)CNCC3)c(C)c1. The van der Waals surface area contributed by atoms with Crippen molar-refractivity contribution >= 4 is 11.3 Å². The van der Waals surface area contributed by atoms with Gasteiger partial charge < -0.3 is 10.1 Å². The van der Waals surface area contributed by atoms with E-state index in [0.29, 0.717) is 0 Å². The van der Waals surface area contributed by atoms with E-state index in [0.717, 1.165) is 44.7 Å². The molecule has 0 fully saturated rings. The van der Waals surface area contributed by atoms with Crippen molar-refractivity contribution in [1.82, 2.24) is 10.3 Å². The third kappa shape index (κ3) is 3.63. The molecule has 0 amide bonds. The number of rotatable bonds is 5. The number of nitrogens with one attached hydrogen (secondary N) is 1. The summed E-state index contributed by atoms with van der Waals surface area (Å²) in [5, 5.41) is 4.66. The van der Waals surface area contributed by atoms with E-state index in [4.69, 9.17) is 9.72 Å². The van der Waals surface area contributed by atoms with Crippen LogP contribution in [0.4, 0.5) is 0 Å². The van der Waals surface area contributed by atoms with Gasteiger partial charge in [0.25, 0.3) is 0 Å². The number of hydrogen-bond donors (Lipinski definition) is 1. The minimum Gasteiger partial charge on any atom is -0.493 e. The summed E-state index contributed by atoms with van der Waals surface area (Å²) in [6, 6.07) is 6.33. The molecule has 2 heterocycles. The van der Waals surface area contributed by atoms with Crippen molar-refractivity contribution < 1.29 is 4.74 Å². The monoisotopic (exact) mass is 302 g/mol. The average Bonchev–Trinajstić information content (AvgIpc) is 2.88. The molecule has 0 radical (unpaired) electrons. The molecule has 21 heavy (non-hydrogen) atoms. The van der Waals surface area contributed by atoms with Crippen LogP contribution in [-0.2, 0) is 19.4 Å². The molecule has 4 heteroatoms. The summed E-state index contributed by atoms with van der Waals surface area (Å²) in [6.07, 6.45) is 3.11. The molecule has 3 nitrogen and oxygen atoms in total. The number of thiazole rings is 1. The molecule has 1 aromatic carbocycles. The molecule has 1 aliphatic rings. The van der Waals surface area contributed by atoms with E-state index in [1.54, 1.807) is 0 Å². The molecule has 0 spiro atoms. The highest BCUT2D eigenvalue weighted by atomic mass is 32.1. The van der Waals surface area contributed by atoms with Crippen molar-refractivity contribution in [3.63, 3.8) is 0 Å². The van der Waals surface area contributed by atoms with E-state index in [-0.39, 0.29) is 0 Å². The Hall–Kier alpha value is -1.39. The molecule has 112 valence electrons. The summed E-state index contributed by atoms with van der Waals surface area (Å²) in [5.74, 6) is 1.00. The van der Waals surface area contributed by atoms with Crippen LogP contribution in [0.15, 0.2) is 18.2 Å². The zero-order valence-electron chi connectivity index (χ0n) is 12.7. The molecule has 0 saturated heterocycles. The molecule has 2 aromatic rings. The smallest absolute Gasteiger partial charge is 0.122 e. The maximum atomic E-state index is 5.88. The van der Waals surface area contributed by atoms with Gasteiger partial charge in [0.1, 0.15) is 5.75 Å². The van der Waals surface area contributed by atoms with Crippen LogP contribution in [0.25, 0.3) is 0 Å². The van der Waals surface area contributed by atoms with Crippen molar-refractivity contribution in [2.45, 2.75) is 39.7 Å². The van der Waals surface area contributed by atoms with E-state index in [9.17, 15) is 0 Å². The molecule has 3 rings (SSSR count). The van der Waals surface area contributed by atoms with Gasteiger partial charge in [0, 0.05) is 30.8 Å². The normalized spacial score (nSPS) is 14.0. The highest BCUT2D eigenvalue weighted by molar-refractivity contribution is 7.11. The predicted octanol–water partition coefficient (Wildman–Crippen LogP) is 3.42. The zero-order chi connectivity index (χ0) is 14.7. The van der Waals surface area contributed by atoms with Crippen LogP contribution in [0.3, 0.4) is 0 Å². The molecule has 0 bridgehead atoms. The lowest BCUT2D eigenvalue weighted by atomic mass is 10.1. The quantitative estimate of drug-likeness (QED) is 0.859. The first-order valence-corrected chi connectivity index (χ1v) is 8.42. The molecule has 0 unspecified atom stereocenters. The molecular weight excluding hydrogens is 280 g/mol. The van der Waals surface area contributed by atoms with Gasteiger partial charge in [-0.15, -0.1) is 11.3 Å². The Kier molecular flexibility index (Phi) is 4.56. The number of nitrogens with zero attached hydrogens (tertiary/aromatic N) is 1. The van der Waals surface area contributed by atoms with Crippen molar-refractivity contribution in [3.05, 3.63) is 44.9 Å². The van der Waals surface area contributed by atoms with Gasteiger partial charge in [-0.05, 0) is 31.9 Å². The first-order chi connectivity index (χ1) is 10.2. The van der Waals surface area contributed by atoms with E-state index in [1.165, 1.54) is 26.7 Å². The Morgan fingerprint density at radius 2 is 2.24 bits per heavy atom. The van der Waals surface area contributed by atoms with Gasteiger partial charge in [-0.1, -0.05) is 17.7 Å². The lowest BCUT2D eigenvalue weighted by Crippen LogP contribution is -2.22. The van der Waals surface area contributed by atoms with Crippen LogP contribution in [0.5, 0.6) is 5.75 Å². The molecule has 1 aliphatic heterocycles. The Labute approximate surface area is 130 Å². The first kappa shape index (κ1) is 14.5. The third-order valence-corrected chi connectivity index (χ3v) is 4.93. The van der Waals surface area contributed by atoms with Gasteiger partial charge in [-0.2, -0.15) is 0 Å². The van der Waals surface area contributed by atoms with Crippen molar-refractivity contribution in [2.24, 2.45) is 0 Å². The number of aromatic nitrogens is 1. The fourth-order valence-corrected chi connectivity index (χ4v) is 3.78. The minimum absolute atomic E-state index is 0.756. The molecule has 0 saturated carbocycles. The lowest BCUT2D eigenvalue weighted by Gasteiger charge is -2.09. The van der Waals surface area contributed by atoms with Crippen LogP contribution in [0, 0.1) is 13.8 Å². The number of ether oxygens (including phenoxy) is 1. The van der Waals surface area contributed by atoms with E-state index in [1.807, 2.05) is 11.3 Å². The number of benzene rings is 1. The summed E-state index contributed by atoms with van der Waals surface area (Å²) >= 11 is 1.86. The summed E-state index contributed by atoms with van der Waals surface area (Å²) in [5.41, 5.74) is 3.80. The molecule has 0 aliphatic carbocycles. The van der Waals surface area contributed by atoms with Gasteiger partial charge in [-0.3, -0.25) is 0 Å². The van der Waals surface area contributed by atoms with Gasteiger partial charge in [0.15, 0.2) is 0 Å². The van der Waals surface area contributed by atoms with Crippen LogP contribution in [0.2, 0.25) is 0 Å². The van der Waals surface area contributed by atoms with E-state index in [2.05, 4.69) is 37.4 Å². The van der Waals surface area contributed by atoms with Crippen molar-refractivity contribution in [1.29, 1.82) is 0 Å². The van der Waals surface area contributed by atoms with E-state index >= 15 is 0 Å². The van der Waals surface area contributed by atoms with E-state index < -0.39 is 0 Å². The Morgan fingerprint density at radius 3 is 3.05 bits per heavy atom. The second-order valence-corrected chi connectivity index (χ2v) is 6.79. The summed E-state index contributed by atoms with van der Waals surface area (Å²) in [7, 11) is 0. The topological polar surface area (TPSA) is 34.1 Å². The Balaban J connectivity index is 1.49. The molecule has 0 atom stereocenters. The number of hydrogen-bond acceptors (Lipinski definition) is 4. The predicted molar refractivity (Wildman–Crippen MR) is 87.3 cm³/mol. The van der Waals surface area contributed by atoms with Crippen LogP contribution in [0.1, 0.15) is 33.1 Å². The van der Waals surface area contributed by atoms with Crippen LogP contribution < -0.4 is 10.1 Å². The van der Waals surface area contributed by atoms with Gasteiger partial charge in [-0.25, -0.2) is 4.98 Å². The summed E-state index contributed by atoms with van der Waals surface area (Å²) in [4.78, 5) is 6.17. The number of fused-ring (bicyclic) bond motifs is 1. The first-order valence-electron chi connectivity index (χ1n) is 7.60. The molecular formula is C17H22N2OS. The van der Waals surface area contributed by atoms with Gasteiger partial charge in [0.05, 0.1) is 17.3 Å². The lowest BCUT2D eigenvalue weighted by molar-refractivity contribution is 0.309. The van der Waals surface area contributed by atoms with Gasteiger partial charge >= 0.3 is 0 Å². The fraction of sp³-hybridized carbons (Fsp3) is 0.471. The standard InChI is InChI=1S/C17H22N2OS/c1-12-5-6-15(13(2)10-12)20-9-3-4-17-19-14-7-8-18-11-16(14)21-17/h5-6,10,18H,3-4,7-9,11H2,1-2H3. The Morgan fingerprint density at radius 1 is 1.33 bits per heavy atom. The van der Waals surface area contributed by atoms with Crippen LogP contribution in [-0.4, -0.2) is 18.1 Å². The highest BCUT2D eigenvalue weighted by Gasteiger charge is 2.14. The van der Waals surface area contributed by atoms with Gasteiger partial charge in [0.2, 0.25) is 0 Å². The fourth-order valence-electron chi connectivity index (χ4n) is 2.65. The van der Waals surface area contributed by atoms with Crippen molar-refractivity contribution in [3.8, 4) is 5.75 Å². The second kappa shape index (κ2) is 6.58. The molecule has 1 N–H and O–H groups in total. The largest absolute Gasteiger partial charge is 0.493 e.